The maximum absolute atomic E-state index is 4.29. The Labute approximate surface area is 97.1 Å². The second kappa shape index (κ2) is 5.61. The SMILES string of the molecule is CCC(C)C(C)NC(C)c1cnc(C)s1. The van der Waals surface area contributed by atoms with Gasteiger partial charge in [0.2, 0.25) is 0 Å². The van der Waals surface area contributed by atoms with Gasteiger partial charge in [-0.25, -0.2) is 4.98 Å². The molecule has 0 fully saturated rings. The fourth-order valence-corrected chi connectivity index (χ4v) is 2.37. The summed E-state index contributed by atoms with van der Waals surface area (Å²) >= 11 is 1.78. The van der Waals surface area contributed by atoms with Crippen LogP contribution < -0.4 is 5.32 Å². The molecular formula is C12H22N2S. The van der Waals surface area contributed by atoms with E-state index >= 15 is 0 Å². The van der Waals surface area contributed by atoms with Crippen molar-refractivity contribution < 1.29 is 0 Å². The van der Waals surface area contributed by atoms with Gasteiger partial charge in [0.1, 0.15) is 0 Å². The summed E-state index contributed by atoms with van der Waals surface area (Å²) in [6.07, 6.45) is 3.21. The molecule has 1 rings (SSSR count). The lowest BCUT2D eigenvalue weighted by molar-refractivity contribution is 0.362. The first-order chi connectivity index (χ1) is 7.04. The highest BCUT2D eigenvalue weighted by Gasteiger charge is 2.15. The van der Waals surface area contributed by atoms with E-state index in [-0.39, 0.29) is 0 Å². The van der Waals surface area contributed by atoms with E-state index in [4.69, 9.17) is 0 Å². The quantitative estimate of drug-likeness (QED) is 0.830. The van der Waals surface area contributed by atoms with Crippen molar-refractivity contribution in [3.8, 4) is 0 Å². The van der Waals surface area contributed by atoms with Gasteiger partial charge in [-0.15, -0.1) is 11.3 Å². The Morgan fingerprint density at radius 3 is 2.53 bits per heavy atom. The zero-order chi connectivity index (χ0) is 11.4. The van der Waals surface area contributed by atoms with Crippen LogP contribution in [0.3, 0.4) is 0 Å². The molecular weight excluding hydrogens is 204 g/mol. The van der Waals surface area contributed by atoms with Gasteiger partial charge in [0.25, 0.3) is 0 Å². The van der Waals surface area contributed by atoms with Crippen molar-refractivity contribution in [2.45, 2.75) is 53.1 Å². The Kier molecular flexibility index (Phi) is 4.74. The van der Waals surface area contributed by atoms with Crippen LogP contribution in [0.25, 0.3) is 0 Å². The number of hydrogen-bond donors (Lipinski definition) is 1. The first-order valence-electron chi connectivity index (χ1n) is 5.73. The zero-order valence-electron chi connectivity index (χ0n) is 10.4. The van der Waals surface area contributed by atoms with Crippen molar-refractivity contribution >= 4 is 11.3 Å². The minimum atomic E-state index is 0.417. The summed E-state index contributed by atoms with van der Waals surface area (Å²) in [5.41, 5.74) is 0. The minimum absolute atomic E-state index is 0.417. The molecule has 1 aromatic rings. The first kappa shape index (κ1) is 12.7. The van der Waals surface area contributed by atoms with Crippen LogP contribution in [0.1, 0.15) is 50.0 Å². The zero-order valence-corrected chi connectivity index (χ0v) is 11.2. The van der Waals surface area contributed by atoms with Gasteiger partial charge in [-0.2, -0.15) is 0 Å². The molecule has 1 aromatic heterocycles. The predicted molar refractivity (Wildman–Crippen MR) is 67.3 cm³/mol. The van der Waals surface area contributed by atoms with E-state index in [9.17, 15) is 0 Å². The first-order valence-corrected chi connectivity index (χ1v) is 6.54. The lowest BCUT2D eigenvalue weighted by atomic mass is 10.00. The van der Waals surface area contributed by atoms with Crippen molar-refractivity contribution in [1.29, 1.82) is 0 Å². The monoisotopic (exact) mass is 226 g/mol. The molecule has 3 atom stereocenters. The van der Waals surface area contributed by atoms with Crippen LogP contribution in [0, 0.1) is 12.8 Å². The predicted octanol–water partition coefficient (Wildman–Crippen LogP) is 3.54. The molecule has 0 spiro atoms. The third-order valence-electron chi connectivity index (χ3n) is 3.08. The van der Waals surface area contributed by atoms with Crippen molar-refractivity contribution in [3.05, 3.63) is 16.1 Å². The number of aromatic nitrogens is 1. The second-order valence-corrected chi connectivity index (χ2v) is 5.61. The van der Waals surface area contributed by atoms with Crippen LogP contribution in [0.4, 0.5) is 0 Å². The number of hydrogen-bond acceptors (Lipinski definition) is 3. The van der Waals surface area contributed by atoms with Crippen LogP contribution in [0.15, 0.2) is 6.20 Å². The third kappa shape index (κ3) is 3.58. The molecule has 0 aliphatic carbocycles. The maximum atomic E-state index is 4.29. The van der Waals surface area contributed by atoms with Gasteiger partial charge in [-0.05, 0) is 26.7 Å². The standard InChI is InChI=1S/C12H22N2S/c1-6-8(2)9(3)14-10(4)12-7-13-11(5)15-12/h7-10,14H,6H2,1-5H3. The van der Waals surface area contributed by atoms with E-state index < -0.39 is 0 Å². The third-order valence-corrected chi connectivity index (χ3v) is 4.17. The Balaban J connectivity index is 2.52. The van der Waals surface area contributed by atoms with Gasteiger partial charge >= 0.3 is 0 Å². The van der Waals surface area contributed by atoms with E-state index in [1.165, 1.54) is 11.3 Å². The molecule has 0 bridgehead atoms. The smallest absolute Gasteiger partial charge is 0.0897 e. The Bertz CT molecular complexity index is 296. The van der Waals surface area contributed by atoms with E-state index in [1.54, 1.807) is 11.3 Å². The summed E-state index contributed by atoms with van der Waals surface area (Å²) in [7, 11) is 0. The number of nitrogens with one attached hydrogen (secondary N) is 1. The van der Waals surface area contributed by atoms with Crippen molar-refractivity contribution in [2.75, 3.05) is 0 Å². The minimum Gasteiger partial charge on any atom is -0.307 e. The van der Waals surface area contributed by atoms with Gasteiger partial charge in [0, 0.05) is 23.2 Å². The highest BCUT2D eigenvalue weighted by molar-refractivity contribution is 7.11. The highest BCUT2D eigenvalue weighted by atomic mass is 32.1. The second-order valence-electron chi connectivity index (χ2n) is 4.34. The summed E-state index contributed by atoms with van der Waals surface area (Å²) in [5, 5.41) is 4.78. The number of aryl methyl sites for hydroxylation is 1. The van der Waals surface area contributed by atoms with Crippen LogP contribution in [-0.4, -0.2) is 11.0 Å². The van der Waals surface area contributed by atoms with Crippen LogP contribution in [0.2, 0.25) is 0 Å². The lowest BCUT2D eigenvalue weighted by Crippen LogP contribution is -2.33. The lowest BCUT2D eigenvalue weighted by Gasteiger charge is -2.23. The van der Waals surface area contributed by atoms with Crippen molar-refractivity contribution in [3.63, 3.8) is 0 Å². The molecule has 0 amide bonds. The highest BCUT2D eigenvalue weighted by Crippen LogP contribution is 2.21. The summed E-state index contributed by atoms with van der Waals surface area (Å²) < 4.78 is 0. The van der Waals surface area contributed by atoms with E-state index in [1.807, 2.05) is 6.20 Å². The molecule has 86 valence electrons. The average molecular weight is 226 g/mol. The fraction of sp³-hybridized carbons (Fsp3) is 0.750. The molecule has 0 radical (unpaired) electrons. The van der Waals surface area contributed by atoms with Crippen LogP contribution in [-0.2, 0) is 0 Å². The molecule has 1 N–H and O–H groups in total. The molecule has 3 heteroatoms. The number of nitrogens with zero attached hydrogens (tertiary/aromatic N) is 1. The Morgan fingerprint density at radius 2 is 2.07 bits per heavy atom. The van der Waals surface area contributed by atoms with Gasteiger partial charge in [0.15, 0.2) is 0 Å². The molecule has 0 aliphatic heterocycles. The number of thiazole rings is 1. The van der Waals surface area contributed by atoms with Gasteiger partial charge in [-0.3, -0.25) is 0 Å². The molecule has 0 saturated heterocycles. The summed E-state index contributed by atoms with van der Waals surface area (Å²) in [4.78, 5) is 5.62. The molecule has 0 saturated carbocycles. The van der Waals surface area contributed by atoms with Gasteiger partial charge < -0.3 is 5.32 Å². The van der Waals surface area contributed by atoms with Crippen LogP contribution >= 0.6 is 11.3 Å². The van der Waals surface area contributed by atoms with Crippen molar-refractivity contribution in [2.24, 2.45) is 5.92 Å². The largest absolute Gasteiger partial charge is 0.307 e. The Morgan fingerprint density at radius 1 is 1.40 bits per heavy atom. The normalized spacial score (nSPS) is 17.4. The average Bonchev–Trinajstić information content (AvgIpc) is 2.63. The van der Waals surface area contributed by atoms with E-state index in [0.717, 1.165) is 10.9 Å². The topological polar surface area (TPSA) is 24.9 Å². The summed E-state index contributed by atoms with van der Waals surface area (Å²) in [6.45, 7) is 11.1. The molecule has 15 heavy (non-hydrogen) atoms. The molecule has 0 aliphatic rings. The molecule has 0 aromatic carbocycles. The number of rotatable bonds is 5. The molecule has 1 heterocycles. The molecule has 3 unspecified atom stereocenters. The fourth-order valence-electron chi connectivity index (χ4n) is 1.57. The van der Waals surface area contributed by atoms with Crippen LogP contribution in [0.5, 0.6) is 0 Å². The van der Waals surface area contributed by atoms with E-state index in [2.05, 4.69) is 44.9 Å². The Hall–Kier alpha value is -0.410. The van der Waals surface area contributed by atoms with Gasteiger partial charge in [-0.1, -0.05) is 20.3 Å². The van der Waals surface area contributed by atoms with Crippen molar-refractivity contribution in [1.82, 2.24) is 10.3 Å². The van der Waals surface area contributed by atoms with Gasteiger partial charge in [0.05, 0.1) is 5.01 Å². The summed E-state index contributed by atoms with van der Waals surface area (Å²) in [6, 6.07) is 0.979. The molecule has 2 nitrogen and oxygen atoms in total. The summed E-state index contributed by atoms with van der Waals surface area (Å²) in [5.74, 6) is 0.724. The van der Waals surface area contributed by atoms with E-state index in [0.29, 0.717) is 12.1 Å². The maximum Gasteiger partial charge on any atom is 0.0897 e.